The third-order valence-corrected chi connectivity index (χ3v) is 2.51. The molecule has 3 heteroatoms. The SMILES string of the molecule is N#CC(O)CC1(O)CCCCC1. The molecule has 1 saturated carbocycles. The second kappa shape index (κ2) is 3.88. The summed E-state index contributed by atoms with van der Waals surface area (Å²) >= 11 is 0. The van der Waals surface area contributed by atoms with E-state index in [4.69, 9.17) is 10.4 Å². The van der Waals surface area contributed by atoms with Gasteiger partial charge in [-0.3, -0.25) is 0 Å². The van der Waals surface area contributed by atoms with Crippen molar-refractivity contribution >= 4 is 0 Å². The zero-order valence-electron chi connectivity index (χ0n) is 7.16. The van der Waals surface area contributed by atoms with Crippen molar-refractivity contribution in [2.45, 2.75) is 50.2 Å². The Morgan fingerprint density at radius 3 is 2.42 bits per heavy atom. The number of aliphatic hydroxyl groups is 2. The van der Waals surface area contributed by atoms with Gasteiger partial charge in [0.2, 0.25) is 0 Å². The van der Waals surface area contributed by atoms with Crippen LogP contribution in [0.15, 0.2) is 0 Å². The predicted molar refractivity (Wildman–Crippen MR) is 44.3 cm³/mol. The first-order chi connectivity index (χ1) is 5.66. The lowest BCUT2D eigenvalue weighted by Crippen LogP contribution is -2.35. The van der Waals surface area contributed by atoms with E-state index in [0.29, 0.717) is 0 Å². The van der Waals surface area contributed by atoms with Crippen LogP contribution in [0.5, 0.6) is 0 Å². The van der Waals surface area contributed by atoms with Crippen LogP contribution in [0.3, 0.4) is 0 Å². The third-order valence-electron chi connectivity index (χ3n) is 2.51. The van der Waals surface area contributed by atoms with E-state index < -0.39 is 11.7 Å². The maximum Gasteiger partial charge on any atom is 0.143 e. The Kier molecular flexibility index (Phi) is 3.07. The van der Waals surface area contributed by atoms with Crippen LogP contribution in [0.2, 0.25) is 0 Å². The number of nitrogens with zero attached hydrogens (tertiary/aromatic N) is 1. The molecule has 0 aromatic heterocycles. The molecule has 0 radical (unpaired) electrons. The van der Waals surface area contributed by atoms with Gasteiger partial charge in [-0.2, -0.15) is 5.26 Å². The number of hydrogen-bond acceptors (Lipinski definition) is 3. The van der Waals surface area contributed by atoms with Crippen LogP contribution in [-0.2, 0) is 0 Å². The second-order valence-electron chi connectivity index (χ2n) is 3.63. The summed E-state index contributed by atoms with van der Waals surface area (Å²) in [6.45, 7) is 0. The molecule has 0 amide bonds. The van der Waals surface area contributed by atoms with E-state index in [1.807, 2.05) is 0 Å². The summed E-state index contributed by atoms with van der Waals surface area (Å²) in [5.41, 5.74) is -0.770. The summed E-state index contributed by atoms with van der Waals surface area (Å²) in [6, 6.07) is 1.73. The molecule has 2 N–H and O–H groups in total. The topological polar surface area (TPSA) is 64.2 Å². The average Bonchev–Trinajstić information content (AvgIpc) is 2.05. The second-order valence-corrected chi connectivity index (χ2v) is 3.63. The lowest BCUT2D eigenvalue weighted by atomic mass is 9.81. The summed E-state index contributed by atoms with van der Waals surface area (Å²) in [5, 5.41) is 27.3. The monoisotopic (exact) mass is 169 g/mol. The fraction of sp³-hybridized carbons (Fsp3) is 0.889. The fourth-order valence-corrected chi connectivity index (χ4v) is 1.82. The Bertz CT molecular complexity index is 179. The van der Waals surface area contributed by atoms with Gasteiger partial charge in [-0.05, 0) is 12.8 Å². The van der Waals surface area contributed by atoms with Crippen LogP contribution in [-0.4, -0.2) is 21.9 Å². The van der Waals surface area contributed by atoms with Crippen LogP contribution >= 0.6 is 0 Å². The lowest BCUT2D eigenvalue weighted by molar-refractivity contribution is -0.0269. The van der Waals surface area contributed by atoms with Gasteiger partial charge in [0, 0.05) is 6.42 Å². The first kappa shape index (κ1) is 9.50. The van der Waals surface area contributed by atoms with Gasteiger partial charge < -0.3 is 10.2 Å². The highest BCUT2D eigenvalue weighted by molar-refractivity contribution is 4.92. The predicted octanol–water partition coefficient (Wildman–Crippen LogP) is 0.956. The molecule has 1 aliphatic carbocycles. The Hall–Kier alpha value is -0.590. The molecule has 0 aromatic rings. The van der Waals surface area contributed by atoms with Crippen molar-refractivity contribution in [3.05, 3.63) is 0 Å². The molecule has 3 nitrogen and oxygen atoms in total. The minimum atomic E-state index is -1.01. The van der Waals surface area contributed by atoms with E-state index in [2.05, 4.69) is 0 Å². The summed E-state index contributed by atoms with van der Waals surface area (Å²) in [7, 11) is 0. The van der Waals surface area contributed by atoms with Gasteiger partial charge in [0.15, 0.2) is 0 Å². The quantitative estimate of drug-likeness (QED) is 0.605. The molecule has 1 atom stereocenters. The minimum absolute atomic E-state index is 0.212. The van der Waals surface area contributed by atoms with Gasteiger partial charge in [-0.15, -0.1) is 0 Å². The Morgan fingerprint density at radius 1 is 1.33 bits per heavy atom. The molecular weight excluding hydrogens is 154 g/mol. The molecule has 0 aromatic carbocycles. The summed E-state index contributed by atoms with van der Waals surface area (Å²) in [6.07, 6.45) is 3.84. The van der Waals surface area contributed by atoms with E-state index in [1.165, 1.54) is 0 Å². The molecule has 1 unspecified atom stereocenters. The van der Waals surface area contributed by atoms with Crippen LogP contribution in [0.25, 0.3) is 0 Å². The molecule has 68 valence electrons. The maximum atomic E-state index is 9.86. The molecule has 1 rings (SSSR count). The number of nitriles is 1. The molecule has 12 heavy (non-hydrogen) atoms. The standard InChI is InChI=1S/C9H15NO2/c10-7-8(11)6-9(12)4-2-1-3-5-9/h8,11-12H,1-6H2. The number of aliphatic hydroxyl groups excluding tert-OH is 1. The molecule has 0 bridgehead atoms. The van der Waals surface area contributed by atoms with Crippen LogP contribution in [0.4, 0.5) is 0 Å². The Labute approximate surface area is 72.6 Å². The van der Waals surface area contributed by atoms with Crippen molar-refractivity contribution < 1.29 is 10.2 Å². The summed E-state index contributed by atoms with van der Waals surface area (Å²) in [4.78, 5) is 0. The highest BCUT2D eigenvalue weighted by Crippen LogP contribution is 2.31. The van der Waals surface area contributed by atoms with E-state index in [1.54, 1.807) is 6.07 Å². The van der Waals surface area contributed by atoms with Gasteiger partial charge in [-0.1, -0.05) is 19.3 Å². The van der Waals surface area contributed by atoms with Crippen molar-refractivity contribution in [1.82, 2.24) is 0 Å². The molecule has 0 heterocycles. The highest BCUT2D eigenvalue weighted by Gasteiger charge is 2.31. The first-order valence-electron chi connectivity index (χ1n) is 4.46. The zero-order valence-corrected chi connectivity index (χ0v) is 7.16. The van der Waals surface area contributed by atoms with E-state index in [-0.39, 0.29) is 6.42 Å². The number of hydrogen-bond donors (Lipinski definition) is 2. The van der Waals surface area contributed by atoms with Crippen molar-refractivity contribution in [2.75, 3.05) is 0 Å². The zero-order chi connectivity index (χ0) is 9.03. The van der Waals surface area contributed by atoms with Crippen LogP contribution < -0.4 is 0 Å². The number of rotatable bonds is 2. The Balaban J connectivity index is 2.42. The highest BCUT2D eigenvalue weighted by atomic mass is 16.3. The molecule has 0 saturated heterocycles. The molecule has 1 aliphatic rings. The fourth-order valence-electron chi connectivity index (χ4n) is 1.82. The van der Waals surface area contributed by atoms with E-state index in [0.717, 1.165) is 32.1 Å². The lowest BCUT2D eigenvalue weighted by Gasteiger charge is -2.32. The van der Waals surface area contributed by atoms with Gasteiger partial charge in [-0.25, -0.2) is 0 Å². The maximum absolute atomic E-state index is 9.86. The van der Waals surface area contributed by atoms with Gasteiger partial charge in [0.1, 0.15) is 6.10 Å². The van der Waals surface area contributed by atoms with E-state index in [9.17, 15) is 5.11 Å². The van der Waals surface area contributed by atoms with Crippen molar-refractivity contribution in [3.63, 3.8) is 0 Å². The van der Waals surface area contributed by atoms with Crippen molar-refractivity contribution in [2.24, 2.45) is 0 Å². The van der Waals surface area contributed by atoms with Crippen molar-refractivity contribution in [3.8, 4) is 6.07 Å². The normalized spacial score (nSPS) is 24.4. The summed E-state index contributed by atoms with van der Waals surface area (Å²) < 4.78 is 0. The van der Waals surface area contributed by atoms with Gasteiger partial charge in [0.25, 0.3) is 0 Å². The average molecular weight is 169 g/mol. The third kappa shape index (κ3) is 2.47. The minimum Gasteiger partial charge on any atom is -0.390 e. The van der Waals surface area contributed by atoms with Crippen LogP contribution in [0.1, 0.15) is 38.5 Å². The molecular formula is C9H15NO2. The van der Waals surface area contributed by atoms with Gasteiger partial charge >= 0.3 is 0 Å². The molecule has 1 fully saturated rings. The molecule has 0 spiro atoms. The van der Waals surface area contributed by atoms with Gasteiger partial charge in [0.05, 0.1) is 11.7 Å². The smallest absolute Gasteiger partial charge is 0.143 e. The summed E-state index contributed by atoms with van der Waals surface area (Å²) in [5.74, 6) is 0. The Morgan fingerprint density at radius 2 is 1.92 bits per heavy atom. The largest absolute Gasteiger partial charge is 0.390 e. The van der Waals surface area contributed by atoms with Crippen LogP contribution in [0, 0.1) is 11.3 Å². The van der Waals surface area contributed by atoms with Crippen molar-refractivity contribution in [1.29, 1.82) is 5.26 Å². The van der Waals surface area contributed by atoms with E-state index >= 15 is 0 Å². The first-order valence-corrected chi connectivity index (χ1v) is 4.46. The molecule has 0 aliphatic heterocycles.